The van der Waals surface area contributed by atoms with Gasteiger partial charge >= 0.3 is 0 Å². The maximum absolute atomic E-state index is 5.90. The van der Waals surface area contributed by atoms with Crippen LogP contribution in [0.2, 0.25) is 5.02 Å². The van der Waals surface area contributed by atoms with Crippen molar-refractivity contribution in [2.24, 2.45) is 0 Å². The lowest BCUT2D eigenvalue weighted by Gasteiger charge is -2.28. The molecule has 16 heavy (non-hydrogen) atoms. The minimum atomic E-state index is 0.278. The van der Waals surface area contributed by atoms with Gasteiger partial charge in [-0.15, -0.1) is 0 Å². The normalized spacial score (nSPS) is 25.4. The first kappa shape index (κ1) is 11.7. The van der Waals surface area contributed by atoms with Gasteiger partial charge in [0.2, 0.25) is 0 Å². The van der Waals surface area contributed by atoms with Crippen LogP contribution in [0.1, 0.15) is 25.7 Å². The molecular formula is C13H17ClO2. The fourth-order valence-corrected chi connectivity index (χ4v) is 2.25. The number of ether oxygens (including phenoxy) is 2. The van der Waals surface area contributed by atoms with Gasteiger partial charge in [0.25, 0.3) is 0 Å². The van der Waals surface area contributed by atoms with E-state index < -0.39 is 0 Å². The van der Waals surface area contributed by atoms with Crippen molar-refractivity contribution >= 4 is 11.6 Å². The molecule has 0 heterocycles. The predicted molar refractivity (Wildman–Crippen MR) is 65.1 cm³/mol. The Hall–Kier alpha value is -0.730. The monoisotopic (exact) mass is 240 g/mol. The molecule has 1 aromatic rings. The minimum absolute atomic E-state index is 0.278. The van der Waals surface area contributed by atoms with Crippen molar-refractivity contribution in [3.63, 3.8) is 0 Å². The molecule has 2 unspecified atom stereocenters. The number of methoxy groups -OCH3 is 1. The van der Waals surface area contributed by atoms with E-state index in [1.807, 2.05) is 24.3 Å². The lowest BCUT2D eigenvalue weighted by molar-refractivity contribution is 0.0210. The summed E-state index contributed by atoms with van der Waals surface area (Å²) in [6.45, 7) is 0. The van der Waals surface area contributed by atoms with E-state index in [0.29, 0.717) is 6.10 Å². The average molecular weight is 241 g/mol. The van der Waals surface area contributed by atoms with Crippen molar-refractivity contribution in [3.8, 4) is 5.75 Å². The Morgan fingerprint density at radius 3 is 2.50 bits per heavy atom. The van der Waals surface area contributed by atoms with Crippen LogP contribution < -0.4 is 4.74 Å². The van der Waals surface area contributed by atoms with Crippen LogP contribution in [-0.4, -0.2) is 19.3 Å². The van der Waals surface area contributed by atoms with E-state index in [-0.39, 0.29) is 6.10 Å². The smallest absolute Gasteiger partial charge is 0.119 e. The molecule has 1 aromatic carbocycles. The second-order valence-electron chi connectivity index (χ2n) is 4.22. The molecule has 1 fully saturated rings. The van der Waals surface area contributed by atoms with E-state index in [0.717, 1.165) is 30.0 Å². The van der Waals surface area contributed by atoms with Gasteiger partial charge in [-0.3, -0.25) is 0 Å². The Bertz CT molecular complexity index is 323. The molecule has 1 aliphatic carbocycles. The molecule has 88 valence electrons. The molecule has 0 spiro atoms. The quantitative estimate of drug-likeness (QED) is 0.803. The van der Waals surface area contributed by atoms with Gasteiger partial charge in [-0.2, -0.15) is 0 Å². The molecule has 0 bridgehead atoms. The molecule has 0 saturated heterocycles. The maximum atomic E-state index is 5.90. The second kappa shape index (κ2) is 5.55. The van der Waals surface area contributed by atoms with Crippen LogP contribution in [0, 0.1) is 0 Å². The van der Waals surface area contributed by atoms with Gasteiger partial charge in [0.05, 0.1) is 6.10 Å². The summed E-state index contributed by atoms with van der Waals surface area (Å²) < 4.78 is 11.3. The fourth-order valence-electron chi connectivity index (χ4n) is 2.13. The first-order valence-corrected chi connectivity index (χ1v) is 6.11. The van der Waals surface area contributed by atoms with Gasteiger partial charge in [0.1, 0.15) is 11.9 Å². The standard InChI is InChI=1S/C13H17ClO2/c1-15-12-3-2-4-13(9-12)16-11-7-5-10(14)6-8-11/h5-8,12-13H,2-4,9H2,1H3. The van der Waals surface area contributed by atoms with Gasteiger partial charge in [0.15, 0.2) is 0 Å². The summed E-state index contributed by atoms with van der Waals surface area (Å²) >= 11 is 5.82. The Labute approximate surface area is 102 Å². The third kappa shape index (κ3) is 3.13. The van der Waals surface area contributed by atoms with E-state index in [4.69, 9.17) is 21.1 Å². The van der Waals surface area contributed by atoms with Crippen molar-refractivity contribution < 1.29 is 9.47 Å². The van der Waals surface area contributed by atoms with Crippen LogP contribution in [0.5, 0.6) is 5.75 Å². The molecule has 0 aliphatic heterocycles. The third-order valence-corrected chi connectivity index (χ3v) is 3.28. The molecule has 1 aliphatic rings. The Kier molecular flexibility index (Phi) is 4.08. The van der Waals surface area contributed by atoms with Crippen LogP contribution in [0.4, 0.5) is 0 Å². The molecule has 3 heteroatoms. The van der Waals surface area contributed by atoms with E-state index in [9.17, 15) is 0 Å². The van der Waals surface area contributed by atoms with Crippen LogP contribution in [0.15, 0.2) is 24.3 Å². The average Bonchev–Trinajstić information content (AvgIpc) is 2.32. The highest BCUT2D eigenvalue weighted by Gasteiger charge is 2.22. The number of hydrogen-bond donors (Lipinski definition) is 0. The summed E-state index contributed by atoms with van der Waals surface area (Å²) in [7, 11) is 1.77. The van der Waals surface area contributed by atoms with Crippen LogP contribution >= 0.6 is 11.6 Å². The molecule has 0 amide bonds. The second-order valence-corrected chi connectivity index (χ2v) is 4.65. The highest BCUT2D eigenvalue weighted by Crippen LogP contribution is 2.25. The Morgan fingerprint density at radius 1 is 1.12 bits per heavy atom. The van der Waals surface area contributed by atoms with Gasteiger partial charge in [0, 0.05) is 18.6 Å². The maximum Gasteiger partial charge on any atom is 0.119 e. The Balaban J connectivity index is 1.91. The van der Waals surface area contributed by atoms with E-state index >= 15 is 0 Å². The van der Waals surface area contributed by atoms with Crippen molar-refractivity contribution in [1.82, 2.24) is 0 Å². The summed E-state index contributed by atoms with van der Waals surface area (Å²) in [6.07, 6.45) is 5.06. The van der Waals surface area contributed by atoms with Gasteiger partial charge in [-0.25, -0.2) is 0 Å². The van der Waals surface area contributed by atoms with Crippen molar-refractivity contribution in [1.29, 1.82) is 0 Å². The predicted octanol–water partition coefficient (Wildman–Crippen LogP) is 3.68. The van der Waals surface area contributed by atoms with Crippen LogP contribution in [0.25, 0.3) is 0 Å². The molecule has 0 aromatic heterocycles. The molecular weight excluding hydrogens is 224 g/mol. The summed E-state index contributed by atoms with van der Waals surface area (Å²) in [5.74, 6) is 0.895. The fraction of sp³-hybridized carbons (Fsp3) is 0.538. The van der Waals surface area contributed by atoms with Crippen molar-refractivity contribution in [2.75, 3.05) is 7.11 Å². The molecule has 1 saturated carbocycles. The van der Waals surface area contributed by atoms with E-state index in [2.05, 4.69) is 0 Å². The Morgan fingerprint density at radius 2 is 1.81 bits per heavy atom. The topological polar surface area (TPSA) is 18.5 Å². The van der Waals surface area contributed by atoms with Crippen LogP contribution in [0.3, 0.4) is 0 Å². The van der Waals surface area contributed by atoms with Crippen LogP contribution in [-0.2, 0) is 4.74 Å². The van der Waals surface area contributed by atoms with Crippen molar-refractivity contribution in [2.45, 2.75) is 37.9 Å². The van der Waals surface area contributed by atoms with Gasteiger partial charge in [-0.05, 0) is 43.5 Å². The molecule has 0 radical (unpaired) electrons. The first-order valence-electron chi connectivity index (χ1n) is 5.73. The van der Waals surface area contributed by atoms with Gasteiger partial charge < -0.3 is 9.47 Å². The molecule has 2 nitrogen and oxygen atoms in total. The number of halogens is 1. The summed E-state index contributed by atoms with van der Waals surface area (Å²) in [5.41, 5.74) is 0. The summed E-state index contributed by atoms with van der Waals surface area (Å²) in [5, 5.41) is 0.741. The summed E-state index contributed by atoms with van der Waals surface area (Å²) in [4.78, 5) is 0. The lowest BCUT2D eigenvalue weighted by atomic mass is 9.95. The first-order chi connectivity index (χ1) is 7.78. The molecule has 2 atom stereocenters. The zero-order valence-electron chi connectivity index (χ0n) is 9.49. The zero-order valence-corrected chi connectivity index (χ0v) is 10.2. The largest absolute Gasteiger partial charge is 0.490 e. The zero-order chi connectivity index (χ0) is 11.4. The number of rotatable bonds is 3. The number of benzene rings is 1. The lowest BCUT2D eigenvalue weighted by Crippen LogP contribution is -2.29. The molecule has 2 rings (SSSR count). The summed E-state index contributed by atoms with van der Waals surface area (Å²) in [6, 6.07) is 7.54. The third-order valence-electron chi connectivity index (χ3n) is 3.03. The van der Waals surface area contributed by atoms with E-state index in [1.165, 1.54) is 6.42 Å². The van der Waals surface area contributed by atoms with Gasteiger partial charge in [-0.1, -0.05) is 11.6 Å². The SMILES string of the molecule is COC1CCCC(Oc2ccc(Cl)cc2)C1. The van der Waals surface area contributed by atoms with Crippen molar-refractivity contribution in [3.05, 3.63) is 29.3 Å². The minimum Gasteiger partial charge on any atom is -0.490 e. The highest BCUT2D eigenvalue weighted by atomic mass is 35.5. The highest BCUT2D eigenvalue weighted by molar-refractivity contribution is 6.30. The number of hydrogen-bond acceptors (Lipinski definition) is 2. The van der Waals surface area contributed by atoms with E-state index in [1.54, 1.807) is 7.11 Å². The molecule has 0 N–H and O–H groups in total.